The normalized spacial score (nSPS) is 10.1. The van der Waals surface area contributed by atoms with Crippen LogP contribution >= 0.6 is 11.6 Å². The second kappa shape index (κ2) is 4.97. The van der Waals surface area contributed by atoms with Crippen LogP contribution in [0.25, 0.3) is 0 Å². The molecule has 0 aliphatic carbocycles. The first-order valence-electron chi connectivity index (χ1n) is 4.96. The van der Waals surface area contributed by atoms with Gasteiger partial charge >= 0.3 is 0 Å². The number of rotatable bonds is 3. The summed E-state index contributed by atoms with van der Waals surface area (Å²) in [5, 5.41) is 10.9. The molecule has 0 atom stereocenters. The number of benzene rings is 1. The molecular weight excluding hydrogens is 258 g/mol. The van der Waals surface area contributed by atoms with E-state index < -0.39 is 4.92 Å². The van der Waals surface area contributed by atoms with E-state index in [0.717, 1.165) is 5.56 Å². The van der Waals surface area contributed by atoms with Gasteiger partial charge in [-0.3, -0.25) is 15.1 Å². The Morgan fingerprint density at radius 1 is 1.39 bits per heavy atom. The second-order valence-corrected chi connectivity index (χ2v) is 3.88. The van der Waals surface area contributed by atoms with Crippen molar-refractivity contribution in [2.75, 3.05) is 0 Å². The van der Waals surface area contributed by atoms with Crippen LogP contribution < -0.4 is 4.74 Å². The lowest BCUT2D eigenvalue weighted by Crippen LogP contribution is -1.94. The lowest BCUT2D eigenvalue weighted by atomic mass is 10.2. The molecule has 0 N–H and O–H groups in total. The molecule has 0 amide bonds. The number of nitro benzene ring substituents is 1. The minimum absolute atomic E-state index is 0.0504. The molecule has 0 fully saturated rings. The maximum absolute atomic E-state index is 10.7. The van der Waals surface area contributed by atoms with Gasteiger partial charge in [0.15, 0.2) is 5.15 Å². The Morgan fingerprint density at radius 2 is 2.17 bits per heavy atom. The SMILES string of the molecule is Cc1ccc([N+](=O)[O-])cc1Oc1cncc(Cl)n1. The van der Waals surface area contributed by atoms with Crippen molar-refractivity contribution in [2.24, 2.45) is 0 Å². The average Bonchev–Trinajstić information content (AvgIpc) is 2.31. The summed E-state index contributed by atoms with van der Waals surface area (Å²) >= 11 is 5.67. The topological polar surface area (TPSA) is 78.2 Å². The van der Waals surface area contributed by atoms with E-state index in [1.165, 1.54) is 24.5 Å². The van der Waals surface area contributed by atoms with Crippen molar-refractivity contribution in [3.05, 3.63) is 51.4 Å². The van der Waals surface area contributed by atoms with Gasteiger partial charge in [-0.15, -0.1) is 0 Å². The third kappa shape index (κ3) is 2.72. The number of halogens is 1. The zero-order valence-corrected chi connectivity index (χ0v) is 10.1. The zero-order valence-electron chi connectivity index (χ0n) is 9.33. The summed E-state index contributed by atoms with van der Waals surface area (Å²) in [4.78, 5) is 17.9. The molecule has 0 saturated carbocycles. The summed E-state index contributed by atoms with van der Waals surface area (Å²) in [6, 6.07) is 4.34. The van der Waals surface area contributed by atoms with Gasteiger partial charge in [0.05, 0.1) is 23.4 Å². The molecule has 1 aromatic heterocycles. The fraction of sp³-hybridized carbons (Fsp3) is 0.0909. The van der Waals surface area contributed by atoms with Crippen LogP contribution in [0.4, 0.5) is 5.69 Å². The van der Waals surface area contributed by atoms with E-state index in [0.29, 0.717) is 5.75 Å². The van der Waals surface area contributed by atoms with Gasteiger partial charge in [0.25, 0.3) is 5.69 Å². The van der Waals surface area contributed by atoms with E-state index in [9.17, 15) is 10.1 Å². The predicted octanol–water partition coefficient (Wildman–Crippen LogP) is 3.14. The minimum atomic E-state index is -0.490. The number of aryl methyl sites for hydroxylation is 1. The summed E-state index contributed by atoms with van der Waals surface area (Å²) in [5.74, 6) is 0.534. The number of ether oxygens (including phenoxy) is 1. The van der Waals surface area contributed by atoms with E-state index in [2.05, 4.69) is 9.97 Å². The van der Waals surface area contributed by atoms with Crippen LogP contribution in [0.1, 0.15) is 5.56 Å². The first-order valence-corrected chi connectivity index (χ1v) is 5.34. The molecule has 0 unspecified atom stereocenters. The summed E-state index contributed by atoms with van der Waals surface area (Å²) < 4.78 is 5.42. The minimum Gasteiger partial charge on any atom is -0.437 e. The summed E-state index contributed by atoms with van der Waals surface area (Å²) in [7, 11) is 0. The Hall–Kier alpha value is -2.21. The van der Waals surface area contributed by atoms with Crippen molar-refractivity contribution >= 4 is 17.3 Å². The van der Waals surface area contributed by atoms with Gasteiger partial charge in [-0.2, -0.15) is 4.98 Å². The Balaban J connectivity index is 2.33. The smallest absolute Gasteiger partial charge is 0.273 e. The van der Waals surface area contributed by atoms with Crippen molar-refractivity contribution in [3.63, 3.8) is 0 Å². The fourth-order valence-corrected chi connectivity index (χ4v) is 1.44. The molecule has 0 aliphatic rings. The van der Waals surface area contributed by atoms with Gasteiger partial charge in [-0.25, -0.2) is 0 Å². The van der Waals surface area contributed by atoms with Crippen LogP contribution in [-0.2, 0) is 0 Å². The molecule has 2 rings (SSSR count). The van der Waals surface area contributed by atoms with Crippen molar-refractivity contribution in [3.8, 4) is 11.6 Å². The molecule has 0 saturated heterocycles. The molecule has 0 spiro atoms. The fourth-order valence-electron chi connectivity index (χ4n) is 1.30. The Labute approximate surface area is 107 Å². The lowest BCUT2D eigenvalue weighted by Gasteiger charge is -2.07. The summed E-state index contributed by atoms with van der Waals surface area (Å²) in [6.07, 6.45) is 2.75. The number of hydrogen-bond acceptors (Lipinski definition) is 5. The Morgan fingerprint density at radius 3 is 2.83 bits per heavy atom. The number of aromatic nitrogens is 2. The van der Waals surface area contributed by atoms with E-state index in [4.69, 9.17) is 16.3 Å². The highest BCUT2D eigenvalue weighted by molar-refractivity contribution is 6.29. The standard InChI is InChI=1S/C11H8ClN3O3/c1-7-2-3-8(15(16)17)4-9(7)18-11-6-13-5-10(12)14-11/h2-6H,1H3. The van der Waals surface area contributed by atoms with Crippen LogP contribution in [0, 0.1) is 17.0 Å². The Kier molecular flexibility index (Phi) is 3.38. The average molecular weight is 266 g/mol. The molecule has 2 aromatic rings. The van der Waals surface area contributed by atoms with Crippen LogP contribution in [-0.4, -0.2) is 14.9 Å². The van der Waals surface area contributed by atoms with Crippen LogP contribution in [0.15, 0.2) is 30.6 Å². The highest BCUT2D eigenvalue weighted by Gasteiger charge is 2.11. The first kappa shape index (κ1) is 12.3. The van der Waals surface area contributed by atoms with Gasteiger partial charge in [-0.05, 0) is 18.6 Å². The predicted molar refractivity (Wildman–Crippen MR) is 64.9 cm³/mol. The van der Waals surface area contributed by atoms with Crippen LogP contribution in [0.3, 0.4) is 0 Å². The van der Waals surface area contributed by atoms with Gasteiger partial charge in [0, 0.05) is 6.07 Å². The first-order chi connectivity index (χ1) is 8.56. The monoisotopic (exact) mass is 265 g/mol. The third-order valence-corrected chi connectivity index (χ3v) is 2.36. The van der Waals surface area contributed by atoms with E-state index in [1.807, 2.05) is 0 Å². The molecule has 7 heteroatoms. The number of nitro groups is 1. The Bertz CT molecular complexity index is 604. The molecule has 1 heterocycles. The molecule has 18 heavy (non-hydrogen) atoms. The zero-order chi connectivity index (χ0) is 13.1. The van der Waals surface area contributed by atoms with E-state index >= 15 is 0 Å². The van der Waals surface area contributed by atoms with E-state index in [1.54, 1.807) is 13.0 Å². The molecule has 0 radical (unpaired) electrons. The van der Waals surface area contributed by atoms with Crippen molar-refractivity contribution in [1.82, 2.24) is 9.97 Å². The molecule has 92 valence electrons. The van der Waals surface area contributed by atoms with Gasteiger partial charge < -0.3 is 4.74 Å². The third-order valence-electron chi connectivity index (χ3n) is 2.18. The maximum atomic E-state index is 10.7. The van der Waals surface area contributed by atoms with E-state index in [-0.39, 0.29) is 16.7 Å². The number of hydrogen-bond donors (Lipinski definition) is 0. The van der Waals surface area contributed by atoms with Crippen molar-refractivity contribution < 1.29 is 9.66 Å². The number of non-ortho nitro benzene ring substituents is 1. The quantitative estimate of drug-likeness (QED) is 0.629. The molecule has 6 nitrogen and oxygen atoms in total. The molecular formula is C11H8ClN3O3. The largest absolute Gasteiger partial charge is 0.437 e. The van der Waals surface area contributed by atoms with Gasteiger partial charge in [0.1, 0.15) is 5.75 Å². The molecule has 1 aromatic carbocycles. The molecule has 0 aliphatic heterocycles. The summed E-state index contributed by atoms with van der Waals surface area (Å²) in [6.45, 7) is 1.77. The van der Waals surface area contributed by atoms with Gasteiger partial charge in [-0.1, -0.05) is 11.6 Å². The second-order valence-electron chi connectivity index (χ2n) is 3.49. The van der Waals surface area contributed by atoms with Crippen LogP contribution in [0.5, 0.6) is 11.6 Å². The van der Waals surface area contributed by atoms with Gasteiger partial charge in [0.2, 0.25) is 5.88 Å². The highest BCUT2D eigenvalue weighted by atomic mass is 35.5. The van der Waals surface area contributed by atoms with Crippen molar-refractivity contribution in [2.45, 2.75) is 6.92 Å². The number of nitrogens with zero attached hydrogens (tertiary/aromatic N) is 3. The lowest BCUT2D eigenvalue weighted by molar-refractivity contribution is -0.384. The van der Waals surface area contributed by atoms with Crippen LogP contribution in [0.2, 0.25) is 5.15 Å². The highest BCUT2D eigenvalue weighted by Crippen LogP contribution is 2.27. The summed E-state index contributed by atoms with van der Waals surface area (Å²) in [5.41, 5.74) is 0.702. The maximum Gasteiger partial charge on any atom is 0.273 e. The molecule has 0 bridgehead atoms. The van der Waals surface area contributed by atoms with Crippen molar-refractivity contribution in [1.29, 1.82) is 0 Å².